The number of methoxy groups -OCH3 is 3. The number of carbonyl (C=O) groups excluding carboxylic acids is 1. The second-order valence-electron chi connectivity index (χ2n) is 4.79. The maximum absolute atomic E-state index is 12.3. The Labute approximate surface area is 125 Å². The molecule has 2 rings (SSSR count). The maximum Gasteiger partial charge on any atom is 0.278 e. The van der Waals surface area contributed by atoms with Crippen LogP contribution in [0.5, 0.6) is 5.75 Å². The van der Waals surface area contributed by atoms with E-state index in [1.165, 1.54) is 0 Å². The SMILES string of the molecule is CCC1=CC(=O)N(Cc2ccc(OC)cc2)C1(OC)OC. The molecule has 0 radical (unpaired) electrons. The minimum atomic E-state index is -1.11. The number of ether oxygens (including phenoxy) is 3. The quantitative estimate of drug-likeness (QED) is 0.755. The number of rotatable bonds is 6. The van der Waals surface area contributed by atoms with Crippen LogP contribution in [0.2, 0.25) is 0 Å². The molecule has 0 saturated heterocycles. The van der Waals surface area contributed by atoms with Gasteiger partial charge in [0.25, 0.3) is 11.8 Å². The number of hydrogen-bond acceptors (Lipinski definition) is 4. The smallest absolute Gasteiger partial charge is 0.278 e. The van der Waals surface area contributed by atoms with Gasteiger partial charge in [-0.05, 0) is 24.1 Å². The Hall–Kier alpha value is -1.85. The van der Waals surface area contributed by atoms with Crippen molar-refractivity contribution in [3.05, 3.63) is 41.5 Å². The van der Waals surface area contributed by atoms with Crippen molar-refractivity contribution < 1.29 is 19.0 Å². The highest BCUT2D eigenvalue weighted by Crippen LogP contribution is 2.36. The topological polar surface area (TPSA) is 48.0 Å². The molecule has 0 fully saturated rings. The van der Waals surface area contributed by atoms with Gasteiger partial charge in [0.2, 0.25) is 0 Å². The van der Waals surface area contributed by atoms with Crippen LogP contribution in [0, 0.1) is 0 Å². The van der Waals surface area contributed by atoms with Gasteiger partial charge >= 0.3 is 0 Å². The normalized spacial score (nSPS) is 17.0. The van der Waals surface area contributed by atoms with E-state index in [4.69, 9.17) is 14.2 Å². The van der Waals surface area contributed by atoms with Crippen molar-refractivity contribution in [2.75, 3.05) is 21.3 Å². The van der Waals surface area contributed by atoms with E-state index in [9.17, 15) is 4.79 Å². The van der Waals surface area contributed by atoms with Gasteiger partial charge in [-0.2, -0.15) is 0 Å². The third-order valence-corrected chi connectivity index (χ3v) is 3.76. The van der Waals surface area contributed by atoms with Gasteiger partial charge in [0, 0.05) is 25.9 Å². The molecule has 0 bridgehead atoms. The molecule has 0 N–H and O–H groups in total. The molecular formula is C16H21NO4. The Balaban J connectivity index is 2.26. The van der Waals surface area contributed by atoms with Gasteiger partial charge in [0.05, 0.1) is 13.7 Å². The van der Waals surface area contributed by atoms with Gasteiger partial charge in [-0.3, -0.25) is 9.69 Å². The minimum Gasteiger partial charge on any atom is -0.497 e. The van der Waals surface area contributed by atoms with E-state index in [-0.39, 0.29) is 5.91 Å². The van der Waals surface area contributed by atoms with Crippen molar-refractivity contribution in [3.63, 3.8) is 0 Å². The van der Waals surface area contributed by atoms with Crippen LogP contribution in [0.4, 0.5) is 0 Å². The van der Waals surface area contributed by atoms with Crippen LogP contribution < -0.4 is 4.74 Å². The zero-order valence-electron chi connectivity index (χ0n) is 12.9. The average Bonchev–Trinajstić information content (AvgIpc) is 2.80. The molecule has 0 saturated carbocycles. The van der Waals surface area contributed by atoms with Crippen LogP contribution in [0.25, 0.3) is 0 Å². The molecule has 5 heteroatoms. The maximum atomic E-state index is 12.3. The van der Waals surface area contributed by atoms with E-state index in [2.05, 4.69) is 0 Å². The molecule has 1 heterocycles. The Morgan fingerprint density at radius 3 is 2.19 bits per heavy atom. The third kappa shape index (κ3) is 2.66. The molecule has 5 nitrogen and oxygen atoms in total. The Bertz CT molecular complexity index is 532. The molecule has 114 valence electrons. The lowest BCUT2D eigenvalue weighted by atomic mass is 10.1. The van der Waals surface area contributed by atoms with Gasteiger partial charge in [0.15, 0.2) is 0 Å². The summed E-state index contributed by atoms with van der Waals surface area (Å²) in [6.07, 6.45) is 2.28. The summed E-state index contributed by atoms with van der Waals surface area (Å²) in [5.74, 6) is -0.429. The van der Waals surface area contributed by atoms with Crippen LogP contribution in [-0.4, -0.2) is 38.0 Å². The molecule has 0 aromatic heterocycles. The molecule has 1 aliphatic heterocycles. The van der Waals surface area contributed by atoms with E-state index in [0.29, 0.717) is 13.0 Å². The molecule has 1 aliphatic rings. The zero-order valence-corrected chi connectivity index (χ0v) is 12.9. The van der Waals surface area contributed by atoms with Gasteiger partial charge in [-0.1, -0.05) is 19.1 Å². The summed E-state index contributed by atoms with van der Waals surface area (Å²) < 4.78 is 16.2. The first-order chi connectivity index (χ1) is 10.1. The molecular weight excluding hydrogens is 270 g/mol. The number of hydrogen-bond donors (Lipinski definition) is 0. The molecule has 1 aromatic rings. The summed E-state index contributed by atoms with van der Waals surface area (Å²) in [5.41, 5.74) is 1.80. The second kappa shape index (κ2) is 6.28. The minimum absolute atomic E-state index is 0.105. The molecule has 1 aromatic carbocycles. The van der Waals surface area contributed by atoms with E-state index in [1.54, 1.807) is 32.3 Å². The highest BCUT2D eigenvalue weighted by atomic mass is 16.7. The summed E-state index contributed by atoms with van der Waals surface area (Å²) >= 11 is 0. The fourth-order valence-electron chi connectivity index (χ4n) is 2.62. The molecule has 0 aliphatic carbocycles. The van der Waals surface area contributed by atoms with Crippen molar-refractivity contribution >= 4 is 5.91 Å². The van der Waals surface area contributed by atoms with Gasteiger partial charge < -0.3 is 14.2 Å². The Morgan fingerprint density at radius 1 is 1.10 bits per heavy atom. The molecule has 0 spiro atoms. The predicted molar refractivity (Wildman–Crippen MR) is 78.7 cm³/mol. The highest BCUT2D eigenvalue weighted by Gasteiger charge is 2.47. The molecule has 21 heavy (non-hydrogen) atoms. The van der Waals surface area contributed by atoms with Gasteiger partial charge in [-0.15, -0.1) is 0 Å². The second-order valence-corrected chi connectivity index (χ2v) is 4.79. The lowest BCUT2D eigenvalue weighted by Crippen LogP contribution is -2.50. The van der Waals surface area contributed by atoms with E-state index in [1.807, 2.05) is 31.2 Å². The largest absolute Gasteiger partial charge is 0.497 e. The Morgan fingerprint density at radius 2 is 1.71 bits per heavy atom. The van der Waals surface area contributed by atoms with Crippen LogP contribution in [-0.2, 0) is 20.8 Å². The molecule has 0 atom stereocenters. The summed E-state index contributed by atoms with van der Waals surface area (Å²) in [6, 6.07) is 7.58. The zero-order chi connectivity index (χ0) is 15.5. The Kier molecular flexibility index (Phi) is 4.65. The van der Waals surface area contributed by atoms with Crippen LogP contribution in [0.15, 0.2) is 35.9 Å². The highest BCUT2D eigenvalue weighted by molar-refractivity contribution is 5.92. The first-order valence-electron chi connectivity index (χ1n) is 6.87. The number of nitrogens with zero attached hydrogens (tertiary/aromatic N) is 1. The summed E-state index contributed by atoms with van der Waals surface area (Å²) in [6.45, 7) is 2.38. The lowest BCUT2D eigenvalue weighted by Gasteiger charge is -2.37. The van der Waals surface area contributed by atoms with E-state index >= 15 is 0 Å². The summed E-state index contributed by atoms with van der Waals surface area (Å²) in [7, 11) is 4.72. The monoisotopic (exact) mass is 291 g/mol. The van der Waals surface area contributed by atoms with Crippen LogP contribution in [0.3, 0.4) is 0 Å². The first-order valence-corrected chi connectivity index (χ1v) is 6.87. The van der Waals surface area contributed by atoms with Crippen molar-refractivity contribution in [2.24, 2.45) is 0 Å². The van der Waals surface area contributed by atoms with Gasteiger partial charge in [-0.25, -0.2) is 0 Å². The summed E-state index contributed by atoms with van der Waals surface area (Å²) in [4.78, 5) is 13.9. The van der Waals surface area contributed by atoms with Crippen molar-refractivity contribution in [1.82, 2.24) is 4.90 Å². The van der Waals surface area contributed by atoms with Crippen molar-refractivity contribution in [2.45, 2.75) is 25.8 Å². The van der Waals surface area contributed by atoms with Gasteiger partial charge in [0.1, 0.15) is 5.75 Å². The van der Waals surface area contributed by atoms with Crippen molar-refractivity contribution in [3.8, 4) is 5.75 Å². The van der Waals surface area contributed by atoms with E-state index < -0.39 is 5.91 Å². The average molecular weight is 291 g/mol. The van der Waals surface area contributed by atoms with Crippen LogP contribution in [0.1, 0.15) is 18.9 Å². The fraction of sp³-hybridized carbons (Fsp3) is 0.438. The molecule has 1 amide bonds. The van der Waals surface area contributed by atoms with Crippen LogP contribution >= 0.6 is 0 Å². The number of amides is 1. The lowest BCUT2D eigenvalue weighted by molar-refractivity contribution is -0.258. The summed E-state index contributed by atoms with van der Waals surface area (Å²) in [5, 5.41) is 0. The van der Waals surface area contributed by atoms with E-state index in [0.717, 1.165) is 16.9 Å². The van der Waals surface area contributed by atoms with Crippen molar-refractivity contribution in [1.29, 1.82) is 0 Å². The fourth-order valence-corrected chi connectivity index (χ4v) is 2.62. The third-order valence-electron chi connectivity index (χ3n) is 3.76. The predicted octanol–water partition coefficient (Wildman–Crippen LogP) is 2.32. The number of carbonyl (C=O) groups is 1. The first kappa shape index (κ1) is 15.5. The number of benzene rings is 1. The standard InChI is InChI=1S/C16H21NO4/c1-5-13-10-15(18)17(16(13,20-3)21-4)11-12-6-8-14(19-2)9-7-12/h6-10H,5,11H2,1-4H3. The molecule has 0 unspecified atom stereocenters.